The topological polar surface area (TPSA) is 52.9 Å². The zero-order chi connectivity index (χ0) is 20.2. The van der Waals surface area contributed by atoms with Crippen molar-refractivity contribution in [2.75, 3.05) is 13.1 Å². The van der Waals surface area contributed by atoms with Gasteiger partial charge in [-0.1, -0.05) is 12.5 Å². The summed E-state index contributed by atoms with van der Waals surface area (Å²) in [5, 5.41) is 22.8. The molecule has 29 heavy (non-hydrogen) atoms. The molecular formula is C22H26F3NO3. The summed E-state index contributed by atoms with van der Waals surface area (Å²) in [7, 11) is 0. The maximum atomic E-state index is 13.7. The molecule has 5 atom stereocenters. The second-order valence-electron chi connectivity index (χ2n) is 9.78. The maximum Gasteiger partial charge on any atom is 0.419 e. The van der Waals surface area contributed by atoms with Crippen LogP contribution in [0.5, 0.6) is 5.75 Å². The summed E-state index contributed by atoms with van der Waals surface area (Å²) in [4.78, 5) is 2.38. The summed E-state index contributed by atoms with van der Waals surface area (Å²) in [6, 6.07) is 2.56. The highest BCUT2D eigenvalue weighted by molar-refractivity contribution is 5.61. The number of aliphatic hydroxyl groups is 2. The summed E-state index contributed by atoms with van der Waals surface area (Å²) >= 11 is 0. The minimum Gasteiger partial charge on any atom is -0.486 e. The van der Waals surface area contributed by atoms with Gasteiger partial charge in [0.05, 0.1) is 22.7 Å². The van der Waals surface area contributed by atoms with Crippen LogP contribution in [0, 0.1) is 5.92 Å². The van der Waals surface area contributed by atoms with Crippen molar-refractivity contribution < 1.29 is 28.1 Å². The summed E-state index contributed by atoms with van der Waals surface area (Å²) in [5.41, 5.74) is -1.53. The Hall–Kier alpha value is -1.31. The number of aliphatic hydroxyl groups excluding tert-OH is 1. The van der Waals surface area contributed by atoms with Crippen LogP contribution < -0.4 is 4.74 Å². The number of alkyl halides is 3. The van der Waals surface area contributed by atoms with Crippen LogP contribution in [0.4, 0.5) is 13.2 Å². The zero-order valence-corrected chi connectivity index (χ0v) is 16.2. The van der Waals surface area contributed by atoms with Crippen LogP contribution in [-0.4, -0.2) is 52.1 Å². The third-order valence-corrected chi connectivity index (χ3v) is 8.59. The Kier molecular flexibility index (Phi) is 3.62. The molecule has 4 nitrogen and oxygen atoms in total. The van der Waals surface area contributed by atoms with Crippen molar-refractivity contribution in [1.29, 1.82) is 0 Å². The van der Waals surface area contributed by atoms with Gasteiger partial charge in [0.2, 0.25) is 0 Å². The molecule has 2 N–H and O–H groups in total. The van der Waals surface area contributed by atoms with Gasteiger partial charge in [0, 0.05) is 18.2 Å². The predicted molar refractivity (Wildman–Crippen MR) is 98.8 cm³/mol. The Labute approximate surface area is 167 Å². The highest BCUT2D eigenvalue weighted by atomic mass is 19.4. The van der Waals surface area contributed by atoms with Gasteiger partial charge >= 0.3 is 6.18 Å². The van der Waals surface area contributed by atoms with Gasteiger partial charge in [0.15, 0.2) is 0 Å². The smallest absolute Gasteiger partial charge is 0.419 e. The average molecular weight is 409 g/mol. The van der Waals surface area contributed by atoms with E-state index in [4.69, 9.17) is 4.74 Å². The maximum absolute atomic E-state index is 13.7. The molecule has 2 saturated carbocycles. The largest absolute Gasteiger partial charge is 0.486 e. The Morgan fingerprint density at radius 3 is 2.66 bits per heavy atom. The number of benzene rings is 1. The number of likely N-dealkylation sites (tertiary alicyclic amines) is 1. The quantitative estimate of drug-likeness (QED) is 0.789. The van der Waals surface area contributed by atoms with Crippen LogP contribution in [-0.2, 0) is 18.0 Å². The van der Waals surface area contributed by atoms with Crippen LogP contribution in [0.1, 0.15) is 55.2 Å². The van der Waals surface area contributed by atoms with E-state index < -0.39 is 35.0 Å². The summed E-state index contributed by atoms with van der Waals surface area (Å²) in [5.74, 6) is 0.507. The molecule has 0 amide bonds. The van der Waals surface area contributed by atoms with Crippen LogP contribution >= 0.6 is 0 Å². The first kappa shape index (κ1) is 18.5. The lowest BCUT2D eigenvalue weighted by molar-refractivity contribution is -0.209. The van der Waals surface area contributed by atoms with Crippen LogP contribution in [0.3, 0.4) is 0 Å². The third kappa shape index (κ3) is 2.16. The fraction of sp³-hybridized carbons (Fsp3) is 0.727. The van der Waals surface area contributed by atoms with E-state index in [9.17, 15) is 23.4 Å². The van der Waals surface area contributed by atoms with Crippen molar-refractivity contribution in [2.45, 2.75) is 80.4 Å². The van der Waals surface area contributed by atoms with E-state index in [1.165, 1.54) is 19.3 Å². The SMILES string of the molecule is O[C@H]1CC[C@@]2(O)[C@H]3Cc4ccc(C(F)(F)F)c5c4[C@@]2(CCN3CC2CCC2)C1O5. The molecule has 0 radical (unpaired) electrons. The summed E-state index contributed by atoms with van der Waals surface area (Å²) < 4.78 is 47.1. The molecule has 1 spiro atoms. The lowest BCUT2D eigenvalue weighted by Crippen LogP contribution is -2.77. The second-order valence-corrected chi connectivity index (χ2v) is 9.78. The third-order valence-electron chi connectivity index (χ3n) is 8.59. The Bertz CT molecular complexity index is 870. The van der Waals surface area contributed by atoms with E-state index in [1.54, 1.807) is 6.07 Å². The zero-order valence-electron chi connectivity index (χ0n) is 16.2. The Morgan fingerprint density at radius 1 is 1.17 bits per heavy atom. The van der Waals surface area contributed by atoms with E-state index >= 15 is 0 Å². The molecular weight excluding hydrogens is 383 g/mol. The van der Waals surface area contributed by atoms with Gasteiger partial charge in [0.1, 0.15) is 11.9 Å². The molecule has 3 fully saturated rings. The molecule has 0 aromatic heterocycles. The molecule has 1 aromatic carbocycles. The fourth-order valence-corrected chi connectivity index (χ4v) is 7.07. The Balaban J connectivity index is 1.53. The van der Waals surface area contributed by atoms with Crippen LogP contribution in [0.2, 0.25) is 0 Å². The van der Waals surface area contributed by atoms with Crippen molar-refractivity contribution in [3.63, 3.8) is 0 Å². The molecule has 6 rings (SSSR count). The Morgan fingerprint density at radius 2 is 1.97 bits per heavy atom. The normalized spacial score (nSPS) is 40.9. The van der Waals surface area contributed by atoms with Gasteiger partial charge in [-0.15, -0.1) is 0 Å². The van der Waals surface area contributed by atoms with Gasteiger partial charge < -0.3 is 14.9 Å². The fourth-order valence-electron chi connectivity index (χ4n) is 7.07. The lowest BCUT2D eigenvalue weighted by atomic mass is 9.48. The lowest BCUT2D eigenvalue weighted by Gasteiger charge is -2.64. The number of nitrogens with zero attached hydrogens (tertiary/aromatic N) is 1. The number of halogens is 3. The van der Waals surface area contributed by atoms with E-state index in [2.05, 4.69) is 4.90 Å². The molecule has 158 valence electrons. The van der Waals surface area contributed by atoms with Gasteiger partial charge in [0.25, 0.3) is 0 Å². The average Bonchev–Trinajstić information content (AvgIpc) is 2.96. The van der Waals surface area contributed by atoms with Gasteiger partial charge in [-0.25, -0.2) is 0 Å². The van der Waals surface area contributed by atoms with Crippen molar-refractivity contribution in [3.8, 4) is 5.75 Å². The van der Waals surface area contributed by atoms with E-state index in [0.717, 1.165) is 24.7 Å². The highest BCUT2D eigenvalue weighted by Gasteiger charge is 2.73. The molecule has 2 bridgehead atoms. The van der Waals surface area contributed by atoms with Crippen molar-refractivity contribution in [1.82, 2.24) is 4.90 Å². The number of piperidine rings is 1. The number of ether oxygens (including phenoxy) is 1. The monoisotopic (exact) mass is 409 g/mol. The second kappa shape index (κ2) is 5.68. The van der Waals surface area contributed by atoms with Crippen LogP contribution in [0.15, 0.2) is 12.1 Å². The van der Waals surface area contributed by atoms with E-state index in [0.29, 0.717) is 37.2 Å². The molecule has 7 heteroatoms. The summed E-state index contributed by atoms with van der Waals surface area (Å²) in [6.07, 6.45) is -0.713. The number of rotatable bonds is 2. The predicted octanol–water partition coefficient (Wildman–Crippen LogP) is 3.02. The van der Waals surface area contributed by atoms with Crippen molar-refractivity contribution in [2.24, 2.45) is 5.92 Å². The first-order chi connectivity index (χ1) is 13.8. The molecule has 1 unspecified atom stereocenters. The molecule has 2 heterocycles. The van der Waals surface area contributed by atoms with E-state index in [1.807, 2.05) is 0 Å². The number of hydrogen-bond donors (Lipinski definition) is 2. The van der Waals surface area contributed by atoms with Gasteiger partial charge in [-0.05, 0) is 62.6 Å². The first-order valence-corrected chi connectivity index (χ1v) is 10.8. The minimum atomic E-state index is -4.53. The molecule has 1 saturated heterocycles. The van der Waals surface area contributed by atoms with Crippen molar-refractivity contribution >= 4 is 0 Å². The standard InChI is InChI=1S/C22H26F3NO3/c23-22(24,25)14-5-4-13-10-16-21(28)7-6-15(27)19-20(21,17(13)18(14)29-19)8-9-26(16)11-12-2-1-3-12/h4-5,12,15-16,19,27-28H,1-3,6-11H2/t15-,16+,19?,20-,21+/m0/s1. The molecule has 5 aliphatic rings. The highest BCUT2D eigenvalue weighted by Crippen LogP contribution is 2.65. The van der Waals surface area contributed by atoms with Gasteiger partial charge in [-0.2, -0.15) is 13.2 Å². The molecule has 1 aromatic rings. The van der Waals surface area contributed by atoms with Gasteiger partial charge in [-0.3, -0.25) is 4.90 Å². The molecule has 2 aliphatic heterocycles. The van der Waals surface area contributed by atoms with Crippen molar-refractivity contribution in [3.05, 3.63) is 28.8 Å². The number of hydrogen-bond acceptors (Lipinski definition) is 4. The summed E-state index contributed by atoms with van der Waals surface area (Å²) in [6.45, 7) is 1.67. The van der Waals surface area contributed by atoms with E-state index in [-0.39, 0.29) is 11.8 Å². The van der Waals surface area contributed by atoms with Crippen LogP contribution in [0.25, 0.3) is 0 Å². The first-order valence-electron chi connectivity index (χ1n) is 10.8. The molecule has 3 aliphatic carbocycles. The minimum absolute atomic E-state index is 0.134.